The number of amidine groups is 1. The topological polar surface area (TPSA) is 15.6 Å². The largest absolute Gasteiger partial charge is 0.350 e. The van der Waals surface area contributed by atoms with Gasteiger partial charge in [0, 0.05) is 25.4 Å². The van der Waals surface area contributed by atoms with Crippen LogP contribution in [0.5, 0.6) is 0 Å². The van der Waals surface area contributed by atoms with Crippen LogP contribution in [0.1, 0.15) is 19.8 Å². The van der Waals surface area contributed by atoms with E-state index in [2.05, 4.69) is 31.7 Å². The third kappa shape index (κ3) is 1.30. The van der Waals surface area contributed by atoms with Crippen LogP contribution in [0.25, 0.3) is 0 Å². The van der Waals surface area contributed by atoms with Crippen LogP contribution in [-0.4, -0.2) is 43.3 Å². The molecule has 0 N–H and O–H groups in total. The molecule has 4 heteroatoms. The number of rotatable bonds is 0. The van der Waals surface area contributed by atoms with Crippen molar-refractivity contribution in [3.63, 3.8) is 0 Å². The predicted molar refractivity (Wildman–Crippen MR) is 62.4 cm³/mol. The molecule has 2 aliphatic rings. The molecule has 0 bridgehead atoms. The van der Waals surface area contributed by atoms with Gasteiger partial charge in [-0.2, -0.15) is 0 Å². The molecular weight excluding hydrogens is 179 g/mol. The van der Waals surface area contributed by atoms with Gasteiger partial charge in [0.25, 0.3) is 0 Å². The summed E-state index contributed by atoms with van der Waals surface area (Å²) >= 11 is 1.97. The minimum absolute atomic E-state index is 0.496. The van der Waals surface area contributed by atoms with Gasteiger partial charge < -0.3 is 4.90 Å². The first-order chi connectivity index (χ1) is 6.06. The minimum atomic E-state index is 0.496. The molecule has 13 heavy (non-hydrogen) atoms. The van der Waals surface area contributed by atoms with Gasteiger partial charge in [-0.1, -0.05) is 25.1 Å². The van der Waals surface area contributed by atoms with Crippen LogP contribution >= 0.6 is 11.8 Å². The molecule has 2 unspecified atom stereocenters. The fourth-order valence-corrected chi connectivity index (χ4v) is 4.06. The van der Waals surface area contributed by atoms with Crippen LogP contribution in [0.2, 0.25) is 5.31 Å². The maximum atomic E-state index is 4.32. The molecule has 3 atom stereocenters. The van der Waals surface area contributed by atoms with E-state index in [4.69, 9.17) is 0 Å². The highest BCUT2D eigenvalue weighted by atomic mass is 32.2. The van der Waals surface area contributed by atoms with Crippen molar-refractivity contribution in [3.8, 4) is 0 Å². The van der Waals surface area contributed by atoms with Gasteiger partial charge in [0.15, 0.2) is 5.17 Å². The van der Waals surface area contributed by atoms with E-state index in [0.717, 1.165) is 11.3 Å². The summed E-state index contributed by atoms with van der Waals surface area (Å²) in [5.41, 5.74) is 0. The van der Waals surface area contributed by atoms with E-state index in [1.54, 1.807) is 0 Å². The van der Waals surface area contributed by atoms with E-state index in [9.17, 15) is 0 Å². The van der Waals surface area contributed by atoms with Gasteiger partial charge in [-0.3, -0.25) is 4.99 Å². The molecule has 0 radical (unpaired) electrons. The summed E-state index contributed by atoms with van der Waals surface area (Å²) in [5, 5.41) is 2.48. The second-order valence-electron chi connectivity index (χ2n) is 4.75. The fourth-order valence-electron chi connectivity index (χ4n) is 2.52. The maximum absolute atomic E-state index is 4.32. The number of aliphatic imine (C=N–C) groups is 1. The first-order valence-corrected chi connectivity index (χ1v) is 5.80. The zero-order valence-corrected chi connectivity index (χ0v) is 9.69. The molecule has 0 aromatic heterocycles. The van der Waals surface area contributed by atoms with Crippen molar-refractivity contribution in [1.29, 1.82) is 0 Å². The monoisotopic (exact) mass is 196 g/mol. The third-order valence-electron chi connectivity index (χ3n) is 3.43. The van der Waals surface area contributed by atoms with E-state index in [1.165, 1.54) is 18.0 Å². The molecule has 0 spiro atoms. The fraction of sp³-hybridized carbons (Fsp3) is 0.889. The van der Waals surface area contributed by atoms with Gasteiger partial charge in [0.2, 0.25) is 0 Å². The molecule has 1 aliphatic heterocycles. The number of thioether (sulfide) groups is 1. The molecule has 72 valence electrons. The van der Waals surface area contributed by atoms with Gasteiger partial charge in [0.1, 0.15) is 7.85 Å². The van der Waals surface area contributed by atoms with Gasteiger partial charge in [-0.25, -0.2) is 0 Å². The molecule has 2 fully saturated rings. The summed E-state index contributed by atoms with van der Waals surface area (Å²) in [6.07, 6.45) is 2.69. The van der Waals surface area contributed by atoms with Crippen LogP contribution in [-0.2, 0) is 0 Å². The second-order valence-corrected chi connectivity index (χ2v) is 5.86. The average Bonchev–Trinajstić information content (AvgIpc) is 2.53. The van der Waals surface area contributed by atoms with Gasteiger partial charge in [-0.15, -0.1) is 0 Å². The van der Waals surface area contributed by atoms with E-state index in [-0.39, 0.29) is 0 Å². The number of hydrogen-bond acceptors (Lipinski definition) is 2. The SMILES string of the molecule is BC1(C)CCC2[C@@H]1S/C(=N\C)N2C. The smallest absolute Gasteiger partial charge is 0.159 e. The van der Waals surface area contributed by atoms with Crippen molar-refractivity contribution in [1.82, 2.24) is 4.90 Å². The standard InChI is InChI=1S/C9H17BN2S/c1-9(10)5-4-6-7(9)13-8(11-2)12(6)3/h6-7H,4-5,10H2,1-3H3/b11-8-/t6?,7-,9?/m0/s1. The van der Waals surface area contributed by atoms with Gasteiger partial charge in [0.05, 0.1) is 0 Å². The summed E-state index contributed by atoms with van der Waals surface area (Å²) in [7, 11) is 6.46. The lowest BCUT2D eigenvalue weighted by molar-refractivity contribution is 0.392. The normalized spacial score (nSPS) is 47.3. The zero-order valence-electron chi connectivity index (χ0n) is 8.87. The molecule has 1 saturated heterocycles. The van der Waals surface area contributed by atoms with Crippen LogP contribution in [0.3, 0.4) is 0 Å². The maximum Gasteiger partial charge on any atom is 0.159 e. The first kappa shape index (κ1) is 9.44. The molecule has 2 rings (SSSR count). The average molecular weight is 196 g/mol. The molecule has 1 heterocycles. The van der Waals surface area contributed by atoms with E-state index < -0.39 is 0 Å². The minimum Gasteiger partial charge on any atom is -0.350 e. The Labute approximate surface area is 85.6 Å². The number of hydrogen-bond donors (Lipinski definition) is 0. The van der Waals surface area contributed by atoms with Crippen molar-refractivity contribution < 1.29 is 0 Å². The predicted octanol–water partition coefficient (Wildman–Crippen LogP) is 0.994. The highest BCUT2D eigenvalue weighted by Crippen LogP contribution is 2.53. The van der Waals surface area contributed by atoms with Crippen LogP contribution in [0.15, 0.2) is 4.99 Å². The molecule has 1 aliphatic carbocycles. The number of nitrogens with zero attached hydrogens (tertiary/aromatic N) is 2. The Morgan fingerprint density at radius 3 is 2.92 bits per heavy atom. The highest BCUT2D eigenvalue weighted by Gasteiger charge is 2.49. The summed E-state index contributed by atoms with van der Waals surface area (Å²) in [5.74, 6) is 0. The highest BCUT2D eigenvalue weighted by molar-refractivity contribution is 8.14. The molecule has 0 aromatic rings. The second kappa shape index (κ2) is 2.94. The van der Waals surface area contributed by atoms with Crippen molar-refractivity contribution >= 4 is 24.8 Å². The number of fused-ring (bicyclic) bond motifs is 1. The van der Waals surface area contributed by atoms with Crippen molar-refractivity contribution in [2.45, 2.75) is 36.4 Å². The van der Waals surface area contributed by atoms with Crippen molar-refractivity contribution in [2.24, 2.45) is 4.99 Å². The van der Waals surface area contributed by atoms with Crippen molar-refractivity contribution in [3.05, 3.63) is 0 Å². The lowest BCUT2D eigenvalue weighted by Crippen LogP contribution is -2.32. The Hall–Kier alpha value is -0.115. The Balaban J connectivity index is 2.24. The van der Waals surface area contributed by atoms with Crippen LogP contribution in [0, 0.1) is 0 Å². The molecule has 1 saturated carbocycles. The summed E-state index contributed by atoms with van der Waals surface area (Å²) in [6.45, 7) is 2.39. The Bertz CT molecular complexity index is 252. The van der Waals surface area contributed by atoms with E-state index in [1.807, 2.05) is 18.8 Å². The molecular formula is C9H17BN2S. The van der Waals surface area contributed by atoms with Gasteiger partial charge >= 0.3 is 0 Å². The Morgan fingerprint density at radius 2 is 2.38 bits per heavy atom. The summed E-state index contributed by atoms with van der Waals surface area (Å²) in [4.78, 5) is 6.69. The zero-order chi connectivity index (χ0) is 9.64. The van der Waals surface area contributed by atoms with Crippen molar-refractivity contribution in [2.75, 3.05) is 14.1 Å². The molecule has 0 amide bonds. The first-order valence-electron chi connectivity index (χ1n) is 4.92. The van der Waals surface area contributed by atoms with E-state index in [0.29, 0.717) is 5.31 Å². The summed E-state index contributed by atoms with van der Waals surface area (Å²) < 4.78 is 0. The van der Waals surface area contributed by atoms with Gasteiger partial charge in [-0.05, 0) is 11.7 Å². The quantitative estimate of drug-likeness (QED) is 0.537. The Kier molecular flexibility index (Phi) is 2.14. The molecule has 2 nitrogen and oxygen atoms in total. The lowest BCUT2D eigenvalue weighted by Gasteiger charge is -2.24. The Morgan fingerprint density at radius 1 is 1.69 bits per heavy atom. The van der Waals surface area contributed by atoms with E-state index >= 15 is 0 Å². The van der Waals surface area contributed by atoms with Crippen LogP contribution < -0.4 is 0 Å². The molecule has 0 aromatic carbocycles. The third-order valence-corrected chi connectivity index (χ3v) is 5.31. The lowest BCUT2D eigenvalue weighted by atomic mass is 9.69. The van der Waals surface area contributed by atoms with Crippen LogP contribution in [0.4, 0.5) is 0 Å². The summed E-state index contributed by atoms with van der Waals surface area (Å²) in [6, 6.07) is 0.735.